The second kappa shape index (κ2) is 12.1. The van der Waals surface area contributed by atoms with Gasteiger partial charge in [0.15, 0.2) is 4.88 Å². The van der Waals surface area contributed by atoms with Crippen molar-refractivity contribution in [3.63, 3.8) is 0 Å². The lowest BCUT2D eigenvalue weighted by atomic mass is 10.1. The smallest absolute Gasteiger partial charge is 0.349 e. The van der Waals surface area contributed by atoms with Crippen molar-refractivity contribution in [3.8, 4) is 27.6 Å². The fourth-order valence-corrected chi connectivity index (χ4v) is 6.57. The van der Waals surface area contributed by atoms with Gasteiger partial charge < -0.3 is 19.5 Å². The Kier molecular flexibility index (Phi) is 8.15. The van der Waals surface area contributed by atoms with E-state index in [1.54, 1.807) is 18.6 Å². The lowest BCUT2D eigenvalue weighted by Gasteiger charge is -2.31. The Labute approximate surface area is 253 Å². The van der Waals surface area contributed by atoms with Gasteiger partial charge in [-0.2, -0.15) is 0 Å². The molecule has 1 aliphatic rings. The van der Waals surface area contributed by atoms with E-state index >= 15 is 0 Å². The minimum atomic E-state index is -1.06. The zero-order valence-corrected chi connectivity index (χ0v) is 24.9. The first-order chi connectivity index (χ1) is 20.4. The summed E-state index contributed by atoms with van der Waals surface area (Å²) in [5.74, 6) is -0.156. The zero-order valence-electron chi connectivity index (χ0n) is 23.4. The summed E-state index contributed by atoms with van der Waals surface area (Å²) >= 11 is 7.95. The van der Waals surface area contributed by atoms with Gasteiger partial charge in [-0.1, -0.05) is 42.8 Å². The molecule has 216 valence electrons. The quantitative estimate of drug-likeness (QED) is 0.187. The van der Waals surface area contributed by atoms with Gasteiger partial charge in [-0.25, -0.2) is 9.78 Å². The summed E-state index contributed by atoms with van der Waals surface area (Å²) in [4.78, 5) is 23.5. The number of carboxylic acids is 1. The molecule has 0 saturated carbocycles. The van der Waals surface area contributed by atoms with E-state index in [1.165, 1.54) is 0 Å². The summed E-state index contributed by atoms with van der Waals surface area (Å²) in [7, 11) is 0. The minimum absolute atomic E-state index is 0.108. The molecule has 6 rings (SSSR count). The molecule has 0 spiro atoms. The largest absolute Gasteiger partial charge is 0.489 e. The molecule has 2 aromatic carbocycles. The third-order valence-electron chi connectivity index (χ3n) is 7.67. The normalized spacial score (nSPS) is 15.1. The highest BCUT2D eigenvalue weighted by molar-refractivity contribution is 7.16. The number of fused-ring (bicyclic) bond motifs is 1. The van der Waals surface area contributed by atoms with Gasteiger partial charge in [0.05, 0.1) is 16.1 Å². The Morgan fingerprint density at radius 2 is 1.95 bits per heavy atom. The summed E-state index contributed by atoms with van der Waals surface area (Å²) in [5.41, 5.74) is 4.39. The van der Waals surface area contributed by atoms with Crippen LogP contribution in [0.25, 0.3) is 27.2 Å². The predicted octanol–water partition coefficient (Wildman–Crippen LogP) is 7.50. The van der Waals surface area contributed by atoms with E-state index in [0.29, 0.717) is 15.8 Å². The molecule has 0 aliphatic carbocycles. The molecule has 1 aliphatic heterocycles. The van der Waals surface area contributed by atoms with Crippen molar-refractivity contribution in [1.29, 1.82) is 0 Å². The summed E-state index contributed by atoms with van der Waals surface area (Å²) in [5, 5.41) is 11.2. The number of ether oxygens (including phenoxy) is 2. The molecule has 10 heteroatoms. The average Bonchev–Trinajstić information content (AvgIpc) is 3.63. The summed E-state index contributed by atoms with van der Waals surface area (Å²) in [6.07, 6.45) is 6.76. The highest BCUT2D eigenvalue weighted by Gasteiger charge is 2.25. The van der Waals surface area contributed by atoms with Crippen LogP contribution in [0.2, 0.25) is 5.02 Å². The number of benzene rings is 2. The van der Waals surface area contributed by atoms with Crippen LogP contribution in [0, 0.1) is 0 Å². The SMILES string of the molecule is CCN1CCC(Oc2cccc([C@@H](C)Oc3cc(-n4cnc5cc(-c6cccnc6)ccc54)sc3C(=O)O)c2Cl)CC1. The number of likely N-dealkylation sites (tertiary alicyclic amines) is 1. The Balaban J connectivity index is 1.24. The molecule has 0 amide bonds. The van der Waals surface area contributed by atoms with Gasteiger partial charge in [0.25, 0.3) is 0 Å². The van der Waals surface area contributed by atoms with E-state index in [9.17, 15) is 9.90 Å². The molecule has 1 atom stereocenters. The molecule has 3 aromatic heterocycles. The fraction of sp³-hybridized carbons (Fsp3) is 0.281. The van der Waals surface area contributed by atoms with Crippen molar-refractivity contribution < 1.29 is 19.4 Å². The molecule has 0 radical (unpaired) electrons. The predicted molar refractivity (Wildman–Crippen MR) is 165 cm³/mol. The number of imidazole rings is 1. The Morgan fingerprint density at radius 1 is 1.12 bits per heavy atom. The number of carboxylic acid groups (broad SMARTS) is 1. The van der Waals surface area contributed by atoms with Crippen LogP contribution in [0.5, 0.6) is 11.5 Å². The molecule has 1 fully saturated rings. The van der Waals surface area contributed by atoms with Gasteiger partial charge in [0, 0.05) is 42.7 Å². The van der Waals surface area contributed by atoms with Crippen LogP contribution >= 0.6 is 22.9 Å². The number of hydrogen-bond acceptors (Lipinski definition) is 7. The van der Waals surface area contributed by atoms with Crippen molar-refractivity contribution in [2.24, 2.45) is 0 Å². The van der Waals surface area contributed by atoms with Crippen molar-refractivity contribution in [2.75, 3.05) is 19.6 Å². The summed E-state index contributed by atoms with van der Waals surface area (Å²) in [6, 6.07) is 17.3. The van der Waals surface area contributed by atoms with Crippen LogP contribution in [0.15, 0.2) is 73.3 Å². The zero-order chi connectivity index (χ0) is 29.2. The average molecular weight is 603 g/mol. The number of pyridine rings is 1. The number of hydrogen-bond donors (Lipinski definition) is 1. The van der Waals surface area contributed by atoms with Crippen LogP contribution in [0.1, 0.15) is 48.0 Å². The minimum Gasteiger partial charge on any atom is -0.489 e. The number of thiophene rings is 1. The summed E-state index contributed by atoms with van der Waals surface area (Å²) < 4.78 is 14.4. The molecule has 8 nitrogen and oxygen atoms in total. The molecular weight excluding hydrogens is 572 g/mol. The van der Waals surface area contributed by atoms with Crippen molar-refractivity contribution >= 4 is 39.9 Å². The van der Waals surface area contributed by atoms with Crippen molar-refractivity contribution in [3.05, 3.63) is 88.8 Å². The number of piperidine rings is 1. The number of aromatic nitrogens is 3. The maximum atomic E-state index is 12.2. The van der Waals surface area contributed by atoms with E-state index in [-0.39, 0.29) is 16.7 Å². The number of halogens is 1. The molecule has 4 heterocycles. The van der Waals surface area contributed by atoms with E-state index in [1.807, 2.05) is 66.2 Å². The van der Waals surface area contributed by atoms with E-state index in [2.05, 4.69) is 21.8 Å². The van der Waals surface area contributed by atoms with Gasteiger partial charge in [0.2, 0.25) is 0 Å². The maximum absolute atomic E-state index is 12.2. The van der Waals surface area contributed by atoms with Crippen LogP contribution in [0.3, 0.4) is 0 Å². The Morgan fingerprint density at radius 3 is 2.69 bits per heavy atom. The lowest BCUT2D eigenvalue weighted by molar-refractivity contribution is 0.0695. The first-order valence-corrected chi connectivity index (χ1v) is 15.2. The van der Waals surface area contributed by atoms with Gasteiger partial charge in [0.1, 0.15) is 35.0 Å². The number of rotatable bonds is 9. The summed E-state index contributed by atoms with van der Waals surface area (Å²) in [6.45, 7) is 7.10. The standard InChI is InChI=1S/C32H31ClN4O4S/c1-3-36-14-11-23(12-15-36)41-27-8-4-7-24(30(27)33)20(2)40-28-17-29(42-31(28)32(38)39)37-19-35-25-16-21(9-10-26(25)37)22-6-5-13-34-18-22/h4-10,13,16-20,23H,3,11-12,14-15H2,1-2H3,(H,38,39)/t20-/m1/s1. The molecule has 0 unspecified atom stereocenters. The van der Waals surface area contributed by atoms with Crippen LogP contribution in [-0.4, -0.2) is 56.2 Å². The molecular formula is C32H31ClN4O4S. The third kappa shape index (κ3) is 5.72. The second-order valence-corrected chi connectivity index (χ2v) is 11.7. The van der Waals surface area contributed by atoms with Gasteiger partial charge in [-0.3, -0.25) is 9.55 Å². The third-order valence-corrected chi connectivity index (χ3v) is 9.18. The van der Waals surface area contributed by atoms with E-state index in [0.717, 1.165) is 71.5 Å². The Bertz CT molecular complexity index is 1710. The van der Waals surface area contributed by atoms with Crippen LogP contribution in [0.4, 0.5) is 0 Å². The molecule has 1 saturated heterocycles. The number of nitrogens with zero attached hydrogens (tertiary/aromatic N) is 4. The first-order valence-electron chi connectivity index (χ1n) is 14.0. The van der Waals surface area contributed by atoms with E-state index in [4.69, 9.17) is 21.1 Å². The molecule has 0 bridgehead atoms. The molecule has 42 heavy (non-hydrogen) atoms. The highest BCUT2D eigenvalue weighted by Crippen LogP contribution is 2.39. The molecule has 1 N–H and O–H groups in total. The fourth-order valence-electron chi connectivity index (χ4n) is 5.33. The van der Waals surface area contributed by atoms with Gasteiger partial charge in [-0.15, -0.1) is 11.3 Å². The second-order valence-electron chi connectivity index (χ2n) is 10.3. The van der Waals surface area contributed by atoms with Crippen molar-refractivity contribution in [2.45, 2.75) is 38.9 Å². The monoisotopic (exact) mass is 602 g/mol. The van der Waals surface area contributed by atoms with Gasteiger partial charge >= 0.3 is 5.97 Å². The van der Waals surface area contributed by atoms with Crippen LogP contribution in [-0.2, 0) is 0 Å². The van der Waals surface area contributed by atoms with Crippen LogP contribution < -0.4 is 9.47 Å². The topological polar surface area (TPSA) is 89.7 Å². The maximum Gasteiger partial charge on any atom is 0.349 e. The number of carbonyl (C=O) groups is 1. The van der Waals surface area contributed by atoms with Crippen molar-refractivity contribution in [1.82, 2.24) is 19.4 Å². The van der Waals surface area contributed by atoms with Gasteiger partial charge in [-0.05, 0) is 56.1 Å². The number of aromatic carboxylic acids is 1. The molecule has 5 aromatic rings. The first kappa shape index (κ1) is 28.2. The Hall–Kier alpha value is -3.92. The highest BCUT2D eigenvalue weighted by atomic mass is 35.5. The van der Waals surface area contributed by atoms with E-state index < -0.39 is 12.1 Å². The lowest BCUT2D eigenvalue weighted by Crippen LogP contribution is -2.38.